The first-order valence-corrected chi connectivity index (χ1v) is 9.41. The molecule has 5 nitrogen and oxygen atoms in total. The summed E-state index contributed by atoms with van der Waals surface area (Å²) in [7, 11) is 0. The number of aromatic amines is 1. The number of ether oxygens (including phenoxy) is 2. The van der Waals surface area contributed by atoms with E-state index in [1.54, 1.807) is 0 Å². The van der Waals surface area contributed by atoms with Crippen molar-refractivity contribution in [2.75, 3.05) is 26.3 Å². The standard InChI is InChI=1S/C20H24N2O3/c23-19(17-6-3-12-24-17)22-10-8-20(9-11-22)18-15(7-13-25-20)14-4-1-2-5-16(14)21-18/h1-2,4-5,17,21H,3,6-13H2. The second kappa shape index (κ2) is 5.85. The summed E-state index contributed by atoms with van der Waals surface area (Å²) in [5.74, 6) is 0.167. The highest BCUT2D eigenvalue weighted by atomic mass is 16.5. The summed E-state index contributed by atoms with van der Waals surface area (Å²) < 4.78 is 11.9. The van der Waals surface area contributed by atoms with Gasteiger partial charge in [-0.05, 0) is 43.7 Å². The molecule has 5 rings (SSSR count). The van der Waals surface area contributed by atoms with Crippen molar-refractivity contribution in [3.05, 3.63) is 35.5 Å². The second-order valence-corrected chi connectivity index (χ2v) is 7.44. The summed E-state index contributed by atoms with van der Waals surface area (Å²) in [5.41, 5.74) is 3.57. The van der Waals surface area contributed by atoms with Crippen LogP contribution in [0.1, 0.15) is 36.9 Å². The molecule has 0 saturated carbocycles. The van der Waals surface area contributed by atoms with Crippen molar-refractivity contribution in [2.45, 2.75) is 43.8 Å². The van der Waals surface area contributed by atoms with Crippen LogP contribution in [-0.4, -0.2) is 48.2 Å². The van der Waals surface area contributed by atoms with Gasteiger partial charge in [-0.3, -0.25) is 4.79 Å². The number of para-hydroxylation sites is 1. The third-order valence-electron chi connectivity index (χ3n) is 6.09. The molecule has 2 aromatic rings. The summed E-state index contributed by atoms with van der Waals surface area (Å²) in [4.78, 5) is 18.2. The fourth-order valence-corrected chi connectivity index (χ4v) is 4.73. The molecule has 1 amide bonds. The number of benzene rings is 1. The summed E-state index contributed by atoms with van der Waals surface area (Å²) >= 11 is 0. The smallest absolute Gasteiger partial charge is 0.251 e. The van der Waals surface area contributed by atoms with E-state index in [4.69, 9.17) is 9.47 Å². The van der Waals surface area contributed by atoms with Gasteiger partial charge in [0.25, 0.3) is 5.91 Å². The van der Waals surface area contributed by atoms with Gasteiger partial charge in [-0.2, -0.15) is 0 Å². The minimum absolute atomic E-state index is 0.167. The van der Waals surface area contributed by atoms with Crippen molar-refractivity contribution in [1.29, 1.82) is 0 Å². The van der Waals surface area contributed by atoms with E-state index in [-0.39, 0.29) is 17.6 Å². The fourth-order valence-electron chi connectivity index (χ4n) is 4.73. The Hall–Kier alpha value is -1.85. The van der Waals surface area contributed by atoms with E-state index >= 15 is 0 Å². The molecule has 3 aliphatic rings. The zero-order valence-corrected chi connectivity index (χ0v) is 14.4. The van der Waals surface area contributed by atoms with Crippen molar-refractivity contribution in [2.24, 2.45) is 0 Å². The number of fused-ring (bicyclic) bond motifs is 4. The molecule has 1 aromatic carbocycles. The van der Waals surface area contributed by atoms with Crippen molar-refractivity contribution < 1.29 is 14.3 Å². The predicted octanol–water partition coefficient (Wildman–Crippen LogP) is 2.74. The zero-order chi connectivity index (χ0) is 16.9. The van der Waals surface area contributed by atoms with Gasteiger partial charge in [-0.1, -0.05) is 18.2 Å². The van der Waals surface area contributed by atoms with E-state index in [0.29, 0.717) is 0 Å². The Bertz CT molecular complexity index is 798. The minimum atomic E-state index is -0.264. The lowest BCUT2D eigenvalue weighted by molar-refractivity contribution is -0.149. The normalized spacial score (nSPS) is 25.4. The number of aromatic nitrogens is 1. The Kier molecular flexibility index (Phi) is 3.61. The number of H-pyrrole nitrogens is 1. The molecule has 4 heterocycles. The highest BCUT2D eigenvalue weighted by Crippen LogP contribution is 2.43. The van der Waals surface area contributed by atoms with Crippen molar-refractivity contribution in [1.82, 2.24) is 9.88 Å². The first kappa shape index (κ1) is 15.4. The van der Waals surface area contributed by atoms with Gasteiger partial charge in [-0.25, -0.2) is 0 Å². The molecule has 0 bridgehead atoms. The number of rotatable bonds is 1. The highest BCUT2D eigenvalue weighted by molar-refractivity contribution is 5.85. The number of piperidine rings is 1. The number of likely N-dealkylation sites (tertiary alicyclic amines) is 1. The molecule has 1 spiro atoms. The SMILES string of the molecule is O=C(C1CCCO1)N1CCC2(CC1)OCCc1c2[nH]c2ccccc12. The number of carbonyl (C=O) groups is 1. The van der Waals surface area contributed by atoms with Crippen molar-refractivity contribution in [3.63, 3.8) is 0 Å². The maximum Gasteiger partial charge on any atom is 0.251 e. The molecular weight excluding hydrogens is 316 g/mol. The molecule has 2 fully saturated rings. The maximum atomic E-state index is 12.6. The number of hydrogen-bond acceptors (Lipinski definition) is 3. The van der Waals surface area contributed by atoms with Crippen LogP contribution in [-0.2, 0) is 26.3 Å². The molecule has 132 valence electrons. The Morgan fingerprint density at radius 1 is 1.20 bits per heavy atom. The monoisotopic (exact) mass is 340 g/mol. The largest absolute Gasteiger partial charge is 0.368 e. The van der Waals surface area contributed by atoms with E-state index < -0.39 is 0 Å². The number of hydrogen-bond donors (Lipinski definition) is 1. The van der Waals surface area contributed by atoms with Crippen LogP contribution in [0.15, 0.2) is 24.3 Å². The van der Waals surface area contributed by atoms with E-state index in [9.17, 15) is 4.79 Å². The van der Waals surface area contributed by atoms with Gasteiger partial charge in [0.05, 0.1) is 12.3 Å². The summed E-state index contributed by atoms with van der Waals surface area (Å²) in [6.07, 6.45) is 4.31. The number of nitrogens with zero attached hydrogens (tertiary/aromatic N) is 1. The number of nitrogens with one attached hydrogen (secondary N) is 1. The molecule has 2 saturated heterocycles. The molecule has 25 heavy (non-hydrogen) atoms. The molecule has 0 aliphatic carbocycles. The topological polar surface area (TPSA) is 54.6 Å². The molecule has 1 atom stereocenters. The van der Waals surface area contributed by atoms with Crippen LogP contribution >= 0.6 is 0 Å². The molecule has 5 heteroatoms. The lowest BCUT2D eigenvalue weighted by atomic mass is 9.83. The van der Waals surface area contributed by atoms with Crippen molar-refractivity contribution in [3.8, 4) is 0 Å². The van der Waals surface area contributed by atoms with Crippen LogP contribution in [0, 0.1) is 0 Å². The van der Waals surface area contributed by atoms with E-state index in [1.807, 2.05) is 4.90 Å². The second-order valence-electron chi connectivity index (χ2n) is 7.44. The van der Waals surface area contributed by atoms with Gasteiger partial charge in [0, 0.05) is 30.6 Å². The van der Waals surface area contributed by atoms with Crippen molar-refractivity contribution >= 4 is 16.8 Å². The van der Waals surface area contributed by atoms with Gasteiger partial charge in [-0.15, -0.1) is 0 Å². The third kappa shape index (κ3) is 2.41. The van der Waals surface area contributed by atoms with E-state index in [2.05, 4.69) is 29.2 Å². The maximum absolute atomic E-state index is 12.6. The van der Waals surface area contributed by atoms with E-state index in [0.717, 1.165) is 58.4 Å². The minimum Gasteiger partial charge on any atom is -0.368 e. The first-order valence-electron chi connectivity index (χ1n) is 9.41. The average molecular weight is 340 g/mol. The molecule has 0 radical (unpaired) electrons. The molecule has 1 unspecified atom stereocenters. The summed E-state index contributed by atoms with van der Waals surface area (Å²) in [6, 6.07) is 8.50. The third-order valence-corrected chi connectivity index (χ3v) is 6.09. The number of amides is 1. The Labute approximate surface area is 147 Å². The van der Waals surface area contributed by atoms with Gasteiger partial charge in [0.1, 0.15) is 11.7 Å². The number of carbonyl (C=O) groups excluding carboxylic acids is 1. The summed E-state index contributed by atoms with van der Waals surface area (Å²) in [5, 5.41) is 1.32. The zero-order valence-electron chi connectivity index (χ0n) is 14.4. The molecule has 1 aromatic heterocycles. The Morgan fingerprint density at radius 2 is 2.04 bits per heavy atom. The lowest BCUT2D eigenvalue weighted by Crippen LogP contribution is -2.50. The Balaban J connectivity index is 1.40. The highest BCUT2D eigenvalue weighted by Gasteiger charge is 2.44. The molecular formula is C20H24N2O3. The van der Waals surface area contributed by atoms with Crippen LogP contribution in [0.25, 0.3) is 10.9 Å². The summed E-state index contributed by atoms with van der Waals surface area (Å²) in [6.45, 7) is 2.96. The predicted molar refractivity (Wildman–Crippen MR) is 94.4 cm³/mol. The Morgan fingerprint density at radius 3 is 2.84 bits per heavy atom. The van der Waals surface area contributed by atoms with Crippen LogP contribution in [0.2, 0.25) is 0 Å². The van der Waals surface area contributed by atoms with Crippen LogP contribution in [0.3, 0.4) is 0 Å². The van der Waals surface area contributed by atoms with Crippen LogP contribution < -0.4 is 0 Å². The van der Waals surface area contributed by atoms with Crippen LogP contribution in [0.4, 0.5) is 0 Å². The average Bonchev–Trinajstić information content (AvgIpc) is 3.31. The lowest BCUT2D eigenvalue weighted by Gasteiger charge is -2.44. The molecule has 3 aliphatic heterocycles. The molecule has 1 N–H and O–H groups in total. The van der Waals surface area contributed by atoms with Gasteiger partial charge >= 0.3 is 0 Å². The quantitative estimate of drug-likeness (QED) is 0.868. The van der Waals surface area contributed by atoms with Gasteiger partial charge in [0.2, 0.25) is 0 Å². The van der Waals surface area contributed by atoms with E-state index in [1.165, 1.54) is 22.2 Å². The van der Waals surface area contributed by atoms with Gasteiger partial charge < -0.3 is 19.4 Å². The van der Waals surface area contributed by atoms with Crippen LogP contribution in [0.5, 0.6) is 0 Å². The van der Waals surface area contributed by atoms with Gasteiger partial charge in [0.15, 0.2) is 0 Å². The first-order chi connectivity index (χ1) is 12.3. The fraction of sp³-hybridized carbons (Fsp3) is 0.550.